The highest BCUT2D eigenvalue weighted by atomic mass is 16.1. The molecule has 1 saturated carbocycles. The molecule has 1 fully saturated rings. The fourth-order valence-corrected chi connectivity index (χ4v) is 1.93. The summed E-state index contributed by atoms with van der Waals surface area (Å²) in [4.78, 5) is 10.7. The smallest absolute Gasteiger partial charge is 0.216 e. The van der Waals surface area contributed by atoms with Gasteiger partial charge in [-0.2, -0.15) is 0 Å². The van der Waals surface area contributed by atoms with Crippen molar-refractivity contribution in [3.8, 4) is 0 Å². The van der Waals surface area contributed by atoms with Crippen LogP contribution in [0.25, 0.3) is 0 Å². The van der Waals surface area contributed by atoms with E-state index in [1.54, 1.807) is 6.92 Å². The molecule has 0 heterocycles. The van der Waals surface area contributed by atoms with Crippen LogP contribution < -0.4 is 10.6 Å². The normalized spacial score (nSPS) is 14.6. The highest BCUT2D eigenvalue weighted by Gasteiger charge is 2.23. The van der Waals surface area contributed by atoms with E-state index in [0.717, 1.165) is 19.0 Å². The first-order valence-corrected chi connectivity index (χ1v) is 6.29. The molecule has 0 radical (unpaired) electrons. The third-order valence-electron chi connectivity index (χ3n) is 3.00. The Balaban J connectivity index is 1.71. The van der Waals surface area contributed by atoms with Crippen LogP contribution in [0.2, 0.25) is 0 Å². The largest absolute Gasteiger partial charge is 0.355 e. The SMILES string of the molecule is CC(=O)NCCNCc1cccc(C2CC2)c1. The van der Waals surface area contributed by atoms with Gasteiger partial charge in [-0.15, -0.1) is 0 Å². The first kappa shape index (κ1) is 12.1. The number of rotatable bonds is 6. The van der Waals surface area contributed by atoms with Gasteiger partial charge in [0.05, 0.1) is 0 Å². The highest BCUT2D eigenvalue weighted by molar-refractivity contribution is 5.72. The molecule has 0 aliphatic heterocycles. The maximum Gasteiger partial charge on any atom is 0.216 e. The minimum absolute atomic E-state index is 0.0301. The van der Waals surface area contributed by atoms with E-state index in [1.165, 1.54) is 24.0 Å². The second-order valence-electron chi connectivity index (χ2n) is 4.68. The third-order valence-corrected chi connectivity index (χ3v) is 3.00. The quantitative estimate of drug-likeness (QED) is 0.734. The van der Waals surface area contributed by atoms with Gasteiger partial charge in [0.15, 0.2) is 0 Å². The van der Waals surface area contributed by atoms with Crippen molar-refractivity contribution in [3.63, 3.8) is 0 Å². The Hall–Kier alpha value is -1.35. The number of amides is 1. The predicted molar refractivity (Wildman–Crippen MR) is 68.8 cm³/mol. The van der Waals surface area contributed by atoms with Gasteiger partial charge < -0.3 is 10.6 Å². The van der Waals surface area contributed by atoms with E-state index < -0.39 is 0 Å². The molecule has 0 aromatic heterocycles. The number of benzene rings is 1. The van der Waals surface area contributed by atoms with Crippen LogP contribution in [-0.2, 0) is 11.3 Å². The Morgan fingerprint density at radius 1 is 1.35 bits per heavy atom. The molecule has 0 unspecified atom stereocenters. The van der Waals surface area contributed by atoms with Crippen molar-refractivity contribution < 1.29 is 4.79 Å². The molecule has 1 amide bonds. The van der Waals surface area contributed by atoms with Gasteiger partial charge in [-0.25, -0.2) is 0 Å². The zero-order valence-corrected chi connectivity index (χ0v) is 10.3. The summed E-state index contributed by atoms with van der Waals surface area (Å²) < 4.78 is 0. The molecule has 92 valence electrons. The van der Waals surface area contributed by atoms with Crippen molar-refractivity contribution >= 4 is 5.91 Å². The van der Waals surface area contributed by atoms with Crippen LogP contribution in [0.15, 0.2) is 24.3 Å². The Morgan fingerprint density at radius 2 is 2.18 bits per heavy atom. The summed E-state index contributed by atoms with van der Waals surface area (Å²) in [5, 5.41) is 6.10. The number of hydrogen-bond acceptors (Lipinski definition) is 2. The standard InChI is InChI=1S/C14H20N2O/c1-11(17)16-8-7-15-10-12-3-2-4-14(9-12)13-5-6-13/h2-4,9,13,15H,5-8,10H2,1H3,(H,16,17). The van der Waals surface area contributed by atoms with Crippen LogP contribution in [0.3, 0.4) is 0 Å². The Labute approximate surface area is 103 Å². The molecule has 2 N–H and O–H groups in total. The lowest BCUT2D eigenvalue weighted by Crippen LogP contribution is -2.29. The monoisotopic (exact) mass is 232 g/mol. The van der Waals surface area contributed by atoms with Gasteiger partial charge in [-0.1, -0.05) is 24.3 Å². The summed E-state index contributed by atoms with van der Waals surface area (Å²) in [6.07, 6.45) is 2.69. The van der Waals surface area contributed by atoms with E-state index in [0.29, 0.717) is 6.54 Å². The summed E-state index contributed by atoms with van der Waals surface area (Å²) in [6.45, 7) is 3.92. The Bertz CT molecular complexity index is 386. The molecule has 1 aliphatic carbocycles. The van der Waals surface area contributed by atoms with E-state index in [-0.39, 0.29) is 5.91 Å². The van der Waals surface area contributed by atoms with Crippen LogP contribution in [0.5, 0.6) is 0 Å². The van der Waals surface area contributed by atoms with Crippen LogP contribution in [0.4, 0.5) is 0 Å². The molecule has 1 aliphatic rings. The van der Waals surface area contributed by atoms with E-state index in [9.17, 15) is 4.79 Å². The van der Waals surface area contributed by atoms with Gasteiger partial charge >= 0.3 is 0 Å². The topological polar surface area (TPSA) is 41.1 Å². The van der Waals surface area contributed by atoms with Crippen LogP contribution in [-0.4, -0.2) is 19.0 Å². The molecule has 0 spiro atoms. The first-order chi connectivity index (χ1) is 8.25. The number of nitrogens with one attached hydrogen (secondary N) is 2. The average Bonchev–Trinajstić information content (AvgIpc) is 3.12. The first-order valence-electron chi connectivity index (χ1n) is 6.29. The van der Waals surface area contributed by atoms with E-state index in [2.05, 4.69) is 34.9 Å². The summed E-state index contributed by atoms with van der Waals surface area (Å²) in [6, 6.07) is 8.80. The maximum absolute atomic E-state index is 10.7. The number of carbonyl (C=O) groups is 1. The average molecular weight is 232 g/mol. The molecule has 2 rings (SSSR count). The van der Waals surface area contributed by atoms with Gasteiger partial charge in [0.2, 0.25) is 5.91 Å². The van der Waals surface area contributed by atoms with Crippen molar-refractivity contribution in [3.05, 3.63) is 35.4 Å². The molecule has 1 aromatic rings. The fourth-order valence-electron chi connectivity index (χ4n) is 1.93. The number of carbonyl (C=O) groups excluding carboxylic acids is 1. The molecule has 0 bridgehead atoms. The van der Waals surface area contributed by atoms with Gasteiger partial charge in [0.25, 0.3) is 0 Å². The van der Waals surface area contributed by atoms with Crippen molar-refractivity contribution in [1.29, 1.82) is 0 Å². The molecule has 17 heavy (non-hydrogen) atoms. The van der Waals surface area contributed by atoms with Crippen LogP contribution in [0.1, 0.15) is 36.8 Å². The summed E-state index contributed by atoms with van der Waals surface area (Å²) >= 11 is 0. The van der Waals surface area contributed by atoms with Crippen molar-refractivity contribution in [2.45, 2.75) is 32.2 Å². The molecule has 3 nitrogen and oxygen atoms in total. The lowest BCUT2D eigenvalue weighted by molar-refractivity contribution is -0.118. The van der Waals surface area contributed by atoms with Gasteiger partial charge in [-0.3, -0.25) is 4.79 Å². The van der Waals surface area contributed by atoms with Gasteiger partial charge in [0, 0.05) is 26.6 Å². The Kier molecular flexibility index (Phi) is 4.15. The minimum Gasteiger partial charge on any atom is -0.355 e. The van der Waals surface area contributed by atoms with Crippen LogP contribution in [0, 0.1) is 0 Å². The highest BCUT2D eigenvalue weighted by Crippen LogP contribution is 2.40. The summed E-state index contributed by atoms with van der Waals surface area (Å²) in [7, 11) is 0. The van der Waals surface area contributed by atoms with E-state index in [1.807, 2.05) is 0 Å². The van der Waals surface area contributed by atoms with Crippen molar-refractivity contribution in [1.82, 2.24) is 10.6 Å². The fraction of sp³-hybridized carbons (Fsp3) is 0.500. The Morgan fingerprint density at radius 3 is 2.88 bits per heavy atom. The lowest BCUT2D eigenvalue weighted by Gasteiger charge is -2.07. The zero-order valence-electron chi connectivity index (χ0n) is 10.3. The zero-order chi connectivity index (χ0) is 12.1. The van der Waals surface area contributed by atoms with Crippen LogP contribution >= 0.6 is 0 Å². The molecular formula is C14H20N2O. The maximum atomic E-state index is 10.7. The molecule has 3 heteroatoms. The van der Waals surface area contributed by atoms with E-state index in [4.69, 9.17) is 0 Å². The van der Waals surface area contributed by atoms with Gasteiger partial charge in [0.1, 0.15) is 0 Å². The molecule has 1 aromatic carbocycles. The summed E-state index contributed by atoms with van der Waals surface area (Å²) in [5.74, 6) is 0.844. The predicted octanol–water partition coefficient (Wildman–Crippen LogP) is 1.79. The summed E-state index contributed by atoms with van der Waals surface area (Å²) in [5.41, 5.74) is 2.81. The molecular weight excluding hydrogens is 212 g/mol. The second-order valence-corrected chi connectivity index (χ2v) is 4.68. The third kappa shape index (κ3) is 4.19. The van der Waals surface area contributed by atoms with Gasteiger partial charge in [-0.05, 0) is 29.9 Å². The van der Waals surface area contributed by atoms with Crippen molar-refractivity contribution in [2.75, 3.05) is 13.1 Å². The molecule has 0 atom stereocenters. The minimum atomic E-state index is 0.0301. The molecule has 0 saturated heterocycles. The van der Waals surface area contributed by atoms with E-state index >= 15 is 0 Å². The second kappa shape index (κ2) is 5.82. The number of hydrogen-bond donors (Lipinski definition) is 2. The van der Waals surface area contributed by atoms with Crippen molar-refractivity contribution in [2.24, 2.45) is 0 Å². The lowest BCUT2D eigenvalue weighted by atomic mass is 10.1.